The zero-order chi connectivity index (χ0) is 14.8. The van der Waals surface area contributed by atoms with E-state index in [1.807, 2.05) is 0 Å². The number of carboxylic acid groups (broad SMARTS) is 1. The lowest BCUT2D eigenvalue weighted by molar-refractivity contribution is 0.0285. The van der Waals surface area contributed by atoms with Gasteiger partial charge in [0.25, 0.3) is 0 Å². The number of hydrogen-bond donors (Lipinski definition) is 1. The molecule has 1 heterocycles. The largest absolute Gasteiger partial charge is 0.478 e. The van der Waals surface area contributed by atoms with Crippen LogP contribution in [0.15, 0.2) is 18.3 Å². The van der Waals surface area contributed by atoms with Gasteiger partial charge < -0.3 is 5.11 Å². The standard InChI is InChI=1S/C15H24N2O2/c1-14(2,3)17(15(4,5)6)10-12-8-7-11(9-16-12)13(18)19/h7-9H,10H2,1-6H3,(H,18,19). The monoisotopic (exact) mass is 264 g/mol. The summed E-state index contributed by atoms with van der Waals surface area (Å²) in [5.74, 6) is -0.942. The molecule has 0 bridgehead atoms. The van der Waals surface area contributed by atoms with E-state index in [-0.39, 0.29) is 16.6 Å². The van der Waals surface area contributed by atoms with Crippen LogP contribution < -0.4 is 0 Å². The third-order valence-corrected chi connectivity index (χ3v) is 3.01. The average Bonchev–Trinajstić information content (AvgIpc) is 2.23. The molecule has 0 unspecified atom stereocenters. The van der Waals surface area contributed by atoms with E-state index in [1.165, 1.54) is 6.20 Å². The highest BCUT2D eigenvalue weighted by atomic mass is 16.4. The minimum atomic E-state index is -0.942. The van der Waals surface area contributed by atoms with Crippen molar-refractivity contribution in [1.29, 1.82) is 0 Å². The number of aromatic nitrogens is 1. The Bertz CT molecular complexity index is 425. The summed E-state index contributed by atoms with van der Waals surface area (Å²) in [6.45, 7) is 13.7. The maximum atomic E-state index is 10.8. The summed E-state index contributed by atoms with van der Waals surface area (Å²) in [5.41, 5.74) is 1.15. The first-order chi connectivity index (χ1) is 8.51. The molecule has 0 aromatic carbocycles. The van der Waals surface area contributed by atoms with Crippen molar-refractivity contribution < 1.29 is 9.90 Å². The third kappa shape index (κ3) is 4.31. The molecule has 0 atom stereocenters. The number of carbonyl (C=O) groups is 1. The SMILES string of the molecule is CC(C)(C)N(Cc1ccc(C(=O)O)cn1)C(C)(C)C. The molecule has 0 fully saturated rings. The van der Waals surface area contributed by atoms with Crippen molar-refractivity contribution >= 4 is 5.97 Å². The van der Waals surface area contributed by atoms with E-state index < -0.39 is 5.97 Å². The Morgan fingerprint density at radius 3 is 2.00 bits per heavy atom. The van der Waals surface area contributed by atoms with Crippen molar-refractivity contribution in [2.45, 2.75) is 59.2 Å². The number of rotatable bonds is 3. The molecule has 4 heteroatoms. The number of pyridine rings is 1. The van der Waals surface area contributed by atoms with Crippen molar-refractivity contribution in [3.05, 3.63) is 29.6 Å². The zero-order valence-electron chi connectivity index (χ0n) is 12.7. The Balaban J connectivity index is 2.95. The Morgan fingerprint density at radius 1 is 1.16 bits per heavy atom. The van der Waals surface area contributed by atoms with E-state index in [0.29, 0.717) is 6.54 Å². The number of carboxylic acids is 1. The van der Waals surface area contributed by atoms with Crippen LogP contribution in [-0.4, -0.2) is 32.0 Å². The molecule has 1 aromatic heterocycles. The summed E-state index contributed by atoms with van der Waals surface area (Å²) in [6, 6.07) is 3.39. The molecular weight excluding hydrogens is 240 g/mol. The Morgan fingerprint density at radius 2 is 1.68 bits per heavy atom. The van der Waals surface area contributed by atoms with Gasteiger partial charge in [0.1, 0.15) is 0 Å². The first kappa shape index (κ1) is 15.6. The van der Waals surface area contributed by atoms with Crippen LogP contribution in [0.1, 0.15) is 57.6 Å². The number of nitrogens with zero attached hydrogens (tertiary/aromatic N) is 2. The summed E-state index contributed by atoms with van der Waals surface area (Å²) in [6.07, 6.45) is 1.42. The zero-order valence-corrected chi connectivity index (χ0v) is 12.7. The average molecular weight is 264 g/mol. The molecule has 1 aromatic rings. The molecule has 4 nitrogen and oxygen atoms in total. The van der Waals surface area contributed by atoms with Crippen LogP contribution in [0.4, 0.5) is 0 Å². The van der Waals surface area contributed by atoms with Crippen LogP contribution in [0.2, 0.25) is 0 Å². The lowest BCUT2D eigenvalue weighted by Gasteiger charge is -2.45. The maximum Gasteiger partial charge on any atom is 0.337 e. The maximum absolute atomic E-state index is 10.8. The van der Waals surface area contributed by atoms with Crippen LogP contribution >= 0.6 is 0 Å². The van der Waals surface area contributed by atoms with Gasteiger partial charge in [0.15, 0.2) is 0 Å². The molecule has 106 valence electrons. The Hall–Kier alpha value is -1.42. The minimum absolute atomic E-state index is 0.0192. The van der Waals surface area contributed by atoms with Crippen molar-refractivity contribution in [3.8, 4) is 0 Å². The highest BCUT2D eigenvalue weighted by molar-refractivity contribution is 5.87. The van der Waals surface area contributed by atoms with E-state index in [4.69, 9.17) is 5.11 Å². The van der Waals surface area contributed by atoms with Gasteiger partial charge in [0, 0.05) is 23.8 Å². The quantitative estimate of drug-likeness (QED) is 0.911. The van der Waals surface area contributed by atoms with E-state index in [0.717, 1.165) is 5.69 Å². The summed E-state index contributed by atoms with van der Waals surface area (Å²) in [7, 11) is 0. The molecule has 0 aliphatic carbocycles. The summed E-state index contributed by atoms with van der Waals surface area (Å²) < 4.78 is 0. The van der Waals surface area contributed by atoms with E-state index >= 15 is 0 Å². The molecule has 0 amide bonds. The summed E-state index contributed by atoms with van der Waals surface area (Å²) >= 11 is 0. The van der Waals surface area contributed by atoms with Gasteiger partial charge in [-0.25, -0.2) is 4.79 Å². The van der Waals surface area contributed by atoms with Crippen molar-refractivity contribution in [1.82, 2.24) is 9.88 Å². The van der Waals surface area contributed by atoms with Gasteiger partial charge in [-0.2, -0.15) is 0 Å². The number of aromatic carboxylic acids is 1. The van der Waals surface area contributed by atoms with Crippen LogP contribution in [0.3, 0.4) is 0 Å². The molecule has 0 radical (unpaired) electrons. The predicted octanol–water partition coefficient (Wildman–Crippen LogP) is 3.18. The normalized spacial score (nSPS) is 12.8. The van der Waals surface area contributed by atoms with Crippen LogP contribution in [0.5, 0.6) is 0 Å². The smallest absolute Gasteiger partial charge is 0.337 e. The highest BCUT2D eigenvalue weighted by Crippen LogP contribution is 2.26. The molecule has 0 aliphatic heterocycles. The molecule has 0 saturated heterocycles. The lowest BCUT2D eigenvalue weighted by Crippen LogP contribution is -2.51. The molecule has 19 heavy (non-hydrogen) atoms. The van der Waals surface area contributed by atoms with Gasteiger partial charge in [0.05, 0.1) is 11.3 Å². The van der Waals surface area contributed by atoms with E-state index in [9.17, 15) is 4.79 Å². The van der Waals surface area contributed by atoms with Crippen LogP contribution in [-0.2, 0) is 6.54 Å². The summed E-state index contributed by atoms with van der Waals surface area (Å²) in [4.78, 5) is 17.4. The molecule has 0 aliphatic rings. The Kier molecular flexibility index (Phi) is 4.35. The first-order valence-corrected chi connectivity index (χ1v) is 6.48. The van der Waals surface area contributed by atoms with Crippen LogP contribution in [0.25, 0.3) is 0 Å². The first-order valence-electron chi connectivity index (χ1n) is 6.48. The van der Waals surface area contributed by atoms with Gasteiger partial charge in [-0.3, -0.25) is 9.88 Å². The highest BCUT2D eigenvalue weighted by Gasteiger charge is 2.31. The van der Waals surface area contributed by atoms with Gasteiger partial charge in [0.2, 0.25) is 0 Å². The second kappa shape index (κ2) is 5.29. The fraction of sp³-hybridized carbons (Fsp3) is 0.600. The van der Waals surface area contributed by atoms with Crippen LogP contribution in [0, 0.1) is 0 Å². The number of hydrogen-bond acceptors (Lipinski definition) is 3. The fourth-order valence-electron chi connectivity index (χ4n) is 2.29. The van der Waals surface area contributed by atoms with Crippen molar-refractivity contribution in [3.63, 3.8) is 0 Å². The lowest BCUT2D eigenvalue weighted by atomic mass is 9.95. The molecule has 0 spiro atoms. The topological polar surface area (TPSA) is 53.4 Å². The second-order valence-corrected chi connectivity index (χ2v) is 6.77. The molecular formula is C15H24N2O2. The Labute approximate surface area is 115 Å². The minimum Gasteiger partial charge on any atom is -0.478 e. The third-order valence-electron chi connectivity index (χ3n) is 3.01. The fourth-order valence-corrected chi connectivity index (χ4v) is 2.29. The van der Waals surface area contributed by atoms with Crippen molar-refractivity contribution in [2.75, 3.05) is 0 Å². The van der Waals surface area contributed by atoms with E-state index in [2.05, 4.69) is 51.4 Å². The van der Waals surface area contributed by atoms with Gasteiger partial charge >= 0.3 is 5.97 Å². The molecule has 1 N–H and O–H groups in total. The predicted molar refractivity (Wildman–Crippen MR) is 76.2 cm³/mol. The van der Waals surface area contributed by atoms with Gasteiger partial charge in [-0.15, -0.1) is 0 Å². The van der Waals surface area contributed by atoms with Gasteiger partial charge in [-0.05, 0) is 53.7 Å². The molecule has 0 saturated carbocycles. The summed E-state index contributed by atoms with van der Waals surface area (Å²) in [5, 5.41) is 8.87. The van der Waals surface area contributed by atoms with Crippen molar-refractivity contribution in [2.24, 2.45) is 0 Å². The van der Waals surface area contributed by atoms with E-state index in [1.54, 1.807) is 12.1 Å². The molecule has 1 rings (SSSR count). The van der Waals surface area contributed by atoms with Gasteiger partial charge in [-0.1, -0.05) is 0 Å². The second-order valence-electron chi connectivity index (χ2n) is 6.77.